The van der Waals surface area contributed by atoms with Crippen molar-refractivity contribution in [1.29, 1.82) is 0 Å². The Morgan fingerprint density at radius 2 is 1.66 bits per heavy atom. The highest BCUT2D eigenvalue weighted by molar-refractivity contribution is 5.90. The van der Waals surface area contributed by atoms with E-state index in [0.717, 1.165) is 5.56 Å². The fourth-order valence-electron chi connectivity index (χ4n) is 2.54. The number of carbonyl (C=O) groups excluding carboxylic acids is 4. The van der Waals surface area contributed by atoms with Gasteiger partial charge in [-0.05, 0) is 52.5 Å². The van der Waals surface area contributed by atoms with Gasteiger partial charge in [0.2, 0.25) is 11.8 Å². The first kappa shape index (κ1) is 26.7. The van der Waals surface area contributed by atoms with Gasteiger partial charge in [-0.15, -0.1) is 0 Å². The van der Waals surface area contributed by atoms with Crippen LogP contribution in [-0.4, -0.2) is 48.2 Å². The quantitative estimate of drug-likeness (QED) is 0.379. The molecule has 178 valence electrons. The first-order chi connectivity index (χ1) is 15.0. The summed E-state index contributed by atoms with van der Waals surface area (Å²) in [5.41, 5.74) is 5.34. The molecule has 0 saturated carbocycles. The van der Waals surface area contributed by atoms with Crippen molar-refractivity contribution in [3.05, 3.63) is 35.9 Å². The van der Waals surface area contributed by atoms with Gasteiger partial charge in [0, 0.05) is 6.54 Å². The molecule has 1 aromatic rings. The van der Waals surface area contributed by atoms with E-state index in [1.165, 1.54) is 6.92 Å². The number of nitrogens with one attached hydrogen (secondary N) is 3. The van der Waals surface area contributed by atoms with Crippen molar-refractivity contribution in [1.82, 2.24) is 16.0 Å². The van der Waals surface area contributed by atoms with Gasteiger partial charge >= 0.3 is 12.2 Å². The molecular weight excluding hydrogens is 416 g/mol. The summed E-state index contributed by atoms with van der Waals surface area (Å²) >= 11 is 0. The number of benzene rings is 1. The molecule has 0 saturated heterocycles. The van der Waals surface area contributed by atoms with Crippen LogP contribution in [0.3, 0.4) is 0 Å². The number of amides is 4. The minimum absolute atomic E-state index is 0.173. The zero-order chi connectivity index (χ0) is 24.1. The summed E-state index contributed by atoms with van der Waals surface area (Å²) in [5.74, 6) is -1.23. The van der Waals surface area contributed by atoms with Gasteiger partial charge in [-0.2, -0.15) is 0 Å². The lowest BCUT2D eigenvalue weighted by atomic mass is 10.1. The Balaban J connectivity index is 2.45. The average Bonchev–Trinajstić information content (AvgIpc) is 2.70. The third-order valence-corrected chi connectivity index (χ3v) is 4.19. The van der Waals surface area contributed by atoms with Crippen LogP contribution < -0.4 is 21.7 Å². The van der Waals surface area contributed by atoms with E-state index in [-0.39, 0.29) is 13.0 Å². The fourth-order valence-corrected chi connectivity index (χ4v) is 2.54. The molecule has 5 N–H and O–H groups in total. The van der Waals surface area contributed by atoms with Gasteiger partial charge in [-0.3, -0.25) is 9.59 Å². The first-order valence-electron chi connectivity index (χ1n) is 10.5. The second kappa shape index (κ2) is 13.2. The Labute approximate surface area is 188 Å². The molecule has 0 unspecified atom stereocenters. The molecule has 0 aliphatic carbocycles. The molecule has 10 heteroatoms. The lowest BCUT2D eigenvalue weighted by Gasteiger charge is -2.24. The summed E-state index contributed by atoms with van der Waals surface area (Å²) in [6.45, 7) is 7.09. The molecule has 0 aliphatic heterocycles. The molecule has 0 aromatic heterocycles. The van der Waals surface area contributed by atoms with Crippen LogP contribution in [0.15, 0.2) is 30.3 Å². The average molecular weight is 451 g/mol. The second-order valence-electron chi connectivity index (χ2n) is 8.32. The fraction of sp³-hybridized carbons (Fsp3) is 0.545. The van der Waals surface area contributed by atoms with Crippen LogP contribution in [0.25, 0.3) is 0 Å². The molecule has 1 aromatic carbocycles. The van der Waals surface area contributed by atoms with Crippen LogP contribution in [0.1, 0.15) is 52.5 Å². The van der Waals surface area contributed by atoms with E-state index < -0.39 is 41.7 Å². The summed E-state index contributed by atoms with van der Waals surface area (Å²) in [6, 6.07) is 7.51. The number of hydrogen-bond donors (Lipinski definition) is 4. The van der Waals surface area contributed by atoms with Crippen LogP contribution in [0.2, 0.25) is 0 Å². The summed E-state index contributed by atoms with van der Waals surface area (Å²) in [6.07, 6.45) is 0.0537. The lowest BCUT2D eigenvalue weighted by Crippen LogP contribution is -2.52. The smallest absolute Gasteiger partial charge is 0.408 e. The van der Waals surface area contributed by atoms with Crippen LogP contribution in [0.4, 0.5) is 9.59 Å². The monoisotopic (exact) mass is 450 g/mol. The van der Waals surface area contributed by atoms with Crippen molar-refractivity contribution < 1.29 is 28.7 Å². The zero-order valence-electron chi connectivity index (χ0n) is 19.1. The van der Waals surface area contributed by atoms with Crippen LogP contribution in [0, 0.1) is 0 Å². The Hall–Kier alpha value is -3.30. The predicted molar refractivity (Wildman–Crippen MR) is 118 cm³/mol. The van der Waals surface area contributed by atoms with Gasteiger partial charge in [0.05, 0.1) is 0 Å². The van der Waals surface area contributed by atoms with E-state index in [9.17, 15) is 19.2 Å². The molecule has 10 nitrogen and oxygen atoms in total. The Bertz CT molecular complexity index is 763. The summed E-state index contributed by atoms with van der Waals surface area (Å²) in [4.78, 5) is 47.5. The van der Waals surface area contributed by atoms with E-state index in [4.69, 9.17) is 15.2 Å². The third-order valence-electron chi connectivity index (χ3n) is 4.19. The first-order valence-corrected chi connectivity index (χ1v) is 10.5. The van der Waals surface area contributed by atoms with E-state index in [0.29, 0.717) is 19.4 Å². The van der Waals surface area contributed by atoms with Crippen LogP contribution in [-0.2, 0) is 25.7 Å². The van der Waals surface area contributed by atoms with Gasteiger partial charge in [0.15, 0.2) is 0 Å². The lowest BCUT2D eigenvalue weighted by molar-refractivity contribution is -0.128. The topological polar surface area (TPSA) is 149 Å². The summed E-state index contributed by atoms with van der Waals surface area (Å²) in [5, 5.41) is 7.62. The number of nitrogens with two attached hydrogens (primary N) is 1. The molecule has 0 heterocycles. The SMILES string of the molecule is C[C@H](NC(=O)[C@H](CCCCNC(=O)OCc1ccccc1)NC(=O)OC(C)(C)C)C(N)=O. The molecule has 0 aliphatic rings. The van der Waals surface area contributed by atoms with Crippen LogP contribution in [0.5, 0.6) is 0 Å². The van der Waals surface area contributed by atoms with Crippen molar-refractivity contribution in [2.24, 2.45) is 5.73 Å². The molecular formula is C22H34N4O6. The maximum absolute atomic E-state index is 12.5. The molecule has 4 amide bonds. The van der Waals surface area contributed by atoms with E-state index in [1.54, 1.807) is 20.8 Å². The van der Waals surface area contributed by atoms with E-state index in [1.807, 2.05) is 30.3 Å². The van der Waals surface area contributed by atoms with Crippen molar-refractivity contribution >= 4 is 24.0 Å². The van der Waals surface area contributed by atoms with Crippen molar-refractivity contribution in [3.63, 3.8) is 0 Å². The Morgan fingerprint density at radius 1 is 1.00 bits per heavy atom. The van der Waals surface area contributed by atoms with E-state index in [2.05, 4.69) is 16.0 Å². The highest BCUT2D eigenvalue weighted by Gasteiger charge is 2.25. The maximum Gasteiger partial charge on any atom is 0.408 e. The Morgan fingerprint density at radius 3 is 2.25 bits per heavy atom. The van der Waals surface area contributed by atoms with Crippen molar-refractivity contribution in [3.8, 4) is 0 Å². The largest absolute Gasteiger partial charge is 0.445 e. The number of primary amides is 1. The number of unbranched alkanes of at least 4 members (excludes halogenated alkanes) is 1. The van der Waals surface area contributed by atoms with Gasteiger partial charge in [0.25, 0.3) is 0 Å². The maximum atomic E-state index is 12.5. The standard InChI is InChI=1S/C22H34N4O6/c1-15(18(23)27)25-19(28)17(26-21(30)32-22(2,3)4)12-8-9-13-24-20(29)31-14-16-10-6-5-7-11-16/h5-7,10-11,15,17H,8-9,12-14H2,1-4H3,(H2,23,27)(H,24,29)(H,25,28)(H,26,30)/t15-,17-/m0/s1. The number of carbonyl (C=O) groups is 4. The van der Waals surface area contributed by atoms with Gasteiger partial charge in [0.1, 0.15) is 24.3 Å². The number of rotatable bonds is 11. The highest BCUT2D eigenvalue weighted by Crippen LogP contribution is 2.09. The second-order valence-corrected chi connectivity index (χ2v) is 8.32. The number of ether oxygens (including phenoxy) is 2. The van der Waals surface area contributed by atoms with Crippen LogP contribution >= 0.6 is 0 Å². The van der Waals surface area contributed by atoms with E-state index >= 15 is 0 Å². The highest BCUT2D eigenvalue weighted by atomic mass is 16.6. The molecule has 0 radical (unpaired) electrons. The van der Waals surface area contributed by atoms with Gasteiger partial charge < -0.3 is 31.2 Å². The normalized spacial score (nSPS) is 12.8. The molecule has 0 spiro atoms. The molecule has 32 heavy (non-hydrogen) atoms. The summed E-state index contributed by atoms with van der Waals surface area (Å²) in [7, 11) is 0. The minimum Gasteiger partial charge on any atom is -0.445 e. The van der Waals surface area contributed by atoms with Crippen molar-refractivity contribution in [2.45, 2.75) is 71.2 Å². The van der Waals surface area contributed by atoms with Gasteiger partial charge in [-0.25, -0.2) is 9.59 Å². The molecule has 0 bridgehead atoms. The number of hydrogen-bond acceptors (Lipinski definition) is 6. The minimum atomic E-state index is -0.920. The molecule has 1 rings (SSSR count). The molecule has 0 fully saturated rings. The van der Waals surface area contributed by atoms with Gasteiger partial charge in [-0.1, -0.05) is 30.3 Å². The zero-order valence-corrected chi connectivity index (χ0v) is 19.1. The van der Waals surface area contributed by atoms with Crippen molar-refractivity contribution in [2.75, 3.05) is 6.54 Å². The molecule has 2 atom stereocenters. The summed E-state index contributed by atoms with van der Waals surface area (Å²) < 4.78 is 10.3. The Kier molecular flexibility index (Phi) is 11.0. The predicted octanol–water partition coefficient (Wildman–Crippen LogP) is 1.97. The number of alkyl carbamates (subject to hydrolysis) is 2. The third kappa shape index (κ3) is 11.8.